The highest BCUT2D eigenvalue weighted by molar-refractivity contribution is 5.82. The molecule has 1 fully saturated rings. The van der Waals surface area contributed by atoms with Crippen molar-refractivity contribution in [3.63, 3.8) is 0 Å². The highest BCUT2D eigenvalue weighted by Crippen LogP contribution is 2.28. The number of anilines is 1. The molecule has 0 spiro atoms. The number of aryl methyl sites for hydroxylation is 2. The Bertz CT molecular complexity index is 526. The number of carbonyl (C=O) groups excluding carboxylic acids is 1. The Balaban J connectivity index is 1.70. The van der Waals surface area contributed by atoms with Crippen LogP contribution in [-0.4, -0.2) is 37.0 Å². The number of nitrogens with zero attached hydrogens (tertiary/aromatic N) is 2. The molecule has 0 bridgehead atoms. The second kappa shape index (κ2) is 6.08. The molecule has 1 aromatic carbocycles. The van der Waals surface area contributed by atoms with Gasteiger partial charge in [0.25, 0.3) is 0 Å². The number of rotatable bonds is 2. The van der Waals surface area contributed by atoms with Crippen LogP contribution >= 0.6 is 0 Å². The van der Waals surface area contributed by atoms with Gasteiger partial charge in [-0.1, -0.05) is 24.6 Å². The highest BCUT2D eigenvalue weighted by atomic mass is 16.2. The molecule has 0 aliphatic carbocycles. The zero-order valence-electron chi connectivity index (χ0n) is 13.3. The minimum absolute atomic E-state index is 0.301. The molecule has 0 N–H and O–H groups in total. The third-order valence-corrected chi connectivity index (χ3v) is 4.79. The van der Waals surface area contributed by atoms with Gasteiger partial charge in [0.2, 0.25) is 5.91 Å². The van der Waals surface area contributed by atoms with Gasteiger partial charge in [0.05, 0.1) is 6.54 Å². The predicted molar refractivity (Wildman–Crippen MR) is 86.7 cm³/mol. The van der Waals surface area contributed by atoms with Crippen molar-refractivity contribution in [3.05, 3.63) is 29.3 Å². The number of fused-ring (bicyclic) bond motifs is 1. The van der Waals surface area contributed by atoms with Crippen molar-refractivity contribution >= 4 is 11.6 Å². The van der Waals surface area contributed by atoms with E-state index in [1.807, 2.05) is 0 Å². The van der Waals surface area contributed by atoms with E-state index in [1.165, 1.54) is 23.2 Å². The van der Waals surface area contributed by atoms with Crippen LogP contribution in [-0.2, 0) is 11.2 Å². The van der Waals surface area contributed by atoms with Gasteiger partial charge in [-0.3, -0.25) is 4.79 Å². The summed E-state index contributed by atoms with van der Waals surface area (Å²) < 4.78 is 0. The first-order valence-corrected chi connectivity index (χ1v) is 8.26. The summed E-state index contributed by atoms with van der Waals surface area (Å²) in [5.41, 5.74) is 3.98. The van der Waals surface area contributed by atoms with E-state index in [1.54, 1.807) is 0 Å². The van der Waals surface area contributed by atoms with Gasteiger partial charge in [-0.05, 0) is 50.2 Å². The molecule has 1 saturated heterocycles. The quantitative estimate of drug-likeness (QED) is 0.834. The minimum Gasteiger partial charge on any atom is -0.362 e. The van der Waals surface area contributed by atoms with Crippen LogP contribution in [0.5, 0.6) is 0 Å². The highest BCUT2D eigenvalue weighted by Gasteiger charge is 2.24. The average Bonchev–Trinajstić information content (AvgIpc) is 2.47. The Kier molecular flexibility index (Phi) is 4.18. The van der Waals surface area contributed by atoms with E-state index in [2.05, 4.69) is 41.8 Å². The maximum Gasteiger partial charge on any atom is 0.242 e. The molecule has 0 saturated carbocycles. The van der Waals surface area contributed by atoms with Gasteiger partial charge in [0.15, 0.2) is 0 Å². The molecule has 0 radical (unpaired) electrons. The Labute approximate surface area is 127 Å². The van der Waals surface area contributed by atoms with Gasteiger partial charge in [-0.25, -0.2) is 0 Å². The number of amides is 1. The van der Waals surface area contributed by atoms with Crippen molar-refractivity contribution in [2.75, 3.05) is 31.1 Å². The predicted octanol–water partition coefficient (Wildman–Crippen LogP) is 3.01. The number of benzene rings is 1. The first-order valence-electron chi connectivity index (χ1n) is 8.26. The average molecular weight is 286 g/mol. The van der Waals surface area contributed by atoms with Crippen LogP contribution in [0.15, 0.2) is 18.2 Å². The van der Waals surface area contributed by atoms with Crippen molar-refractivity contribution in [1.82, 2.24) is 4.90 Å². The molecule has 3 nitrogen and oxygen atoms in total. The molecule has 2 aliphatic rings. The number of likely N-dealkylation sites (tertiary alicyclic amines) is 1. The monoisotopic (exact) mass is 286 g/mol. The largest absolute Gasteiger partial charge is 0.362 e. The summed E-state index contributed by atoms with van der Waals surface area (Å²) in [6.45, 7) is 7.82. The Hall–Kier alpha value is -1.51. The Morgan fingerprint density at radius 2 is 2.14 bits per heavy atom. The van der Waals surface area contributed by atoms with Crippen LogP contribution in [0.2, 0.25) is 0 Å². The first kappa shape index (κ1) is 14.4. The number of hydrogen-bond donors (Lipinski definition) is 0. The Morgan fingerprint density at radius 1 is 1.29 bits per heavy atom. The third kappa shape index (κ3) is 3.22. The van der Waals surface area contributed by atoms with Crippen molar-refractivity contribution in [3.8, 4) is 0 Å². The molecule has 2 heterocycles. The molecular weight excluding hydrogens is 260 g/mol. The first-order chi connectivity index (χ1) is 10.1. The van der Waals surface area contributed by atoms with Crippen molar-refractivity contribution < 1.29 is 4.79 Å². The maximum atomic E-state index is 12.6. The zero-order chi connectivity index (χ0) is 14.8. The molecular formula is C18H26N2O. The van der Waals surface area contributed by atoms with Gasteiger partial charge >= 0.3 is 0 Å². The topological polar surface area (TPSA) is 23.6 Å². The summed E-state index contributed by atoms with van der Waals surface area (Å²) in [7, 11) is 0. The standard InChI is InChI=1S/C18H26N2O/c1-14-7-8-17-16(11-14)6-4-9-19(17)13-18(21)20-10-3-5-15(2)12-20/h7-8,11,15H,3-6,9-10,12-13H2,1-2H3. The lowest BCUT2D eigenvalue weighted by atomic mass is 9.99. The van der Waals surface area contributed by atoms with Gasteiger partial charge in [0.1, 0.15) is 0 Å². The van der Waals surface area contributed by atoms with E-state index in [0.29, 0.717) is 18.4 Å². The van der Waals surface area contributed by atoms with Gasteiger partial charge in [-0.15, -0.1) is 0 Å². The van der Waals surface area contributed by atoms with E-state index in [9.17, 15) is 4.79 Å². The summed E-state index contributed by atoms with van der Waals surface area (Å²) in [6, 6.07) is 6.62. The fourth-order valence-electron chi connectivity index (χ4n) is 3.65. The fourth-order valence-corrected chi connectivity index (χ4v) is 3.65. The summed E-state index contributed by atoms with van der Waals surface area (Å²) in [6.07, 6.45) is 4.71. The molecule has 1 atom stereocenters. The normalized spacial score (nSPS) is 22.1. The zero-order valence-corrected chi connectivity index (χ0v) is 13.3. The molecule has 114 valence electrons. The summed E-state index contributed by atoms with van der Waals surface area (Å²) in [4.78, 5) is 16.9. The molecule has 21 heavy (non-hydrogen) atoms. The number of piperidine rings is 1. The van der Waals surface area contributed by atoms with E-state index in [0.717, 1.165) is 38.9 Å². The van der Waals surface area contributed by atoms with Crippen LogP contribution in [0.3, 0.4) is 0 Å². The van der Waals surface area contributed by atoms with Crippen molar-refractivity contribution in [1.29, 1.82) is 0 Å². The van der Waals surface area contributed by atoms with Gasteiger partial charge in [-0.2, -0.15) is 0 Å². The van der Waals surface area contributed by atoms with E-state index >= 15 is 0 Å². The van der Waals surface area contributed by atoms with Gasteiger partial charge in [0, 0.05) is 25.3 Å². The van der Waals surface area contributed by atoms with Crippen molar-refractivity contribution in [2.45, 2.75) is 39.5 Å². The number of hydrogen-bond acceptors (Lipinski definition) is 2. The molecule has 3 rings (SSSR count). The summed E-state index contributed by atoms with van der Waals surface area (Å²) in [5.74, 6) is 0.953. The summed E-state index contributed by atoms with van der Waals surface area (Å²) in [5, 5.41) is 0. The summed E-state index contributed by atoms with van der Waals surface area (Å²) >= 11 is 0. The molecule has 1 aromatic rings. The third-order valence-electron chi connectivity index (χ3n) is 4.79. The maximum absolute atomic E-state index is 12.6. The van der Waals surface area contributed by atoms with Crippen LogP contribution in [0.1, 0.15) is 37.3 Å². The molecule has 1 unspecified atom stereocenters. The molecule has 1 amide bonds. The molecule has 2 aliphatic heterocycles. The van der Waals surface area contributed by atoms with E-state index in [-0.39, 0.29) is 0 Å². The fraction of sp³-hybridized carbons (Fsp3) is 0.611. The lowest BCUT2D eigenvalue weighted by Crippen LogP contribution is -2.45. The van der Waals surface area contributed by atoms with Gasteiger partial charge < -0.3 is 9.80 Å². The van der Waals surface area contributed by atoms with E-state index in [4.69, 9.17) is 0 Å². The molecule has 3 heteroatoms. The lowest BCUT2D eigenvalue weighted by molar-refractivity contribution is -0.131. The van der Waals surface area contributed by atoms with E-state index < -0.39 is 0 Å². The van der Waals surface area contributed by atoms with Crippen molar-refractivity contribution in [2.24, 2.45) is 5.92 Å². The second-order valence-electron chi connectivity index (χ2n) is 6.74. The number of carbonyl (C=O) groups is 1. The smallest absolute Gasteiger partial charge is 0.242 e. The molecule has 0 aromatic heterocycles. The Morgan fingerprint density at radius 3 is 2.95 bits per heavy atom. The van der Waals surface area contributed by atoms with Crippen LogP contribution < -0.4 is 4.90 Å². The second-order valence-corrected chi connectivity index (χ2v) is 6.74. The minimum atomic E-state index is 0.301. The van der Waals surface area contributed by atoms with Crippen LogP contribution in [0.4, 0.5) is 5.69 Å². The lowest BCUT2D eigenvalue weighted by Gasteiger charge is -2.35. The SMILES string of the molecule is Cc1ccc2c(c1)CCCN2CC(=O)N1CCCC(C)C1. The van der Waals surface area contributed by atoms with Crippen LogP contribution in [0, 0.1) is 12.8 Å². The van der Waals surface area contributed by atoms with Crippen LogP contribution in [0.25, 0.3) is 0 Å².